The molecule has 29 heavy (non-hydrogen) atoms. The number of imidazole rings is 1. The molecule has 0 aliphatic carbocycles. The molecule has 0 spiro atoms. The maximum absolute atomic E-state index is 12.8. The number of nitrogens with zero attached hydrogens (tertiary/aromatic N) is 2. The molecule has 7 heteroatoms. The predicted molar refractivity (Wildman–Crippen MR) is 116 cm³/mol. The van der Waals surface area contributed by atoms with Crippen LogP contribution >= 0.6 is 22.9 Å². The second kappa shape index (κ2) is 8.59. The number of amides is 1. The first-order valence-electron chi connectivity index (χ1n) is 9.16. The van der Waals surface area contributed by atoms with Gasteiger partial charge in [-0.25, -0.2) is 4.98 Å². The highest BCUT2D eigenvalue weighted by atomic mass is 35.5. The van der Waals surface area contributed by atoms with E-state index in [1.165, 1.54) is 11.3 Å². The lowest BCUT2D eigenvalue weighted by atomic mass is 10.1. The first-order valence-corrected chi connectivity index (χ1v) is 10.4. The Morgan fingerprint density at radius 3 is 2.59 bits per heavy atom. The van der Waals surface area contributed by atoms with Gasteiger partial charge >= 0.3 is 0 Å². The summed E-state index contributed by atoms with van der Waals surface area (Å²) >= 11 is 7.33. The summed E-state index contributed by atoms with van der Waals surface area (Å²) < 4.78 is 1.92. The Bertz CT molecular complexity index is 1150. The van der Waals surface area contributed by atoms with Crippen molar-refractivity contribution in [2.24, 2.45) is 0 Å². The van der Waals surface area contributed by atoms with E-state index in [9.17, 15) is 9.59 Å². The van der Waals surface area contributed by atoms with Crippen LogP contribution in [0, 0.1) is 0 Å². The Balaban J connectivity index is 1.53. The maximum atomic E-state index is 12.8. The van der Waals surface area contributed by atoms with Gasteiger partial charge in [-0.2, -0.15) is 0 Å². The predicted octanol–water partition coefficient (Wildman–Crippen LogP) is 4.61. The van der Waals surface area contributed by atoms with E-state index >= 15 is 0 Å². The number of ketones is 1. The molecule has 2 heterocycles. The molecule has 1 N–H and O–H groups in total. The Labute approximate surface area is 177 Å². The van der Waals surface area contributed by atoms with Gasteiger partial charge in [0.15, 0.2) is 5.78 Å². The van der Waals surface area contributed by atoms with Crippen LogP contribution in [0.2, 0.25) is 5.02 Å². The molecule has 2 aromatic carbocycles. The molecule has 4 aromatic rings. The van der Waals surface area contributed by atoms with Crippen LogP contribution in [-0.2, 0) is 13.0 Å². The average Bonchev–Trinajstić information content (AvgIpc) is 3.37. The van der Waals surface area contributed by atoms with E-state index in [4.69, 9.17) is 11.6 Å². The zero-order valence-corrected chi connectivity index (χ0v) is 17.0. The third-order valence-corrected chi connectivity index (χ3v) is 5.70. The molecule has 5 nitrogen and oxygen atoms in total. The number of halogens is 1. The molecule has 0 aliphatic rings. The monoisotopic (exact) mass is 423 g/mol. The van der Waals surface area contributed by atoms with Crippen LogP contribution in [0.4, 0.5) is 0 Å². The Morgan fingerprint density at radius 1 is 1.03 bits per heavy atom. The Morgan fingerprint density at radius 2 is 1.83 bits per heavy atom. The third kappa shape index (κ3) is 4.39. The number of Topliss-reactive ketones (excluding diaryl/α,β-unsaturated/α-hetero) is 1. The second-order valence-electron chi connectivity index (χ2n) is 6.52. The fourth-order valence-corrected chi connectivity index (χ4v) is 3.91. The second-order valence-corrected chi connectivity index (χ2v) is 7.90. The van der Waals surface area contributed by atoms with Crippen molar-refractivity contribution in [3.63, 3.8) is 0 Å². The smallest absolute Gasteiger partial charge is 0.261 e. The molecule has 0 atom stereocenters. The minimum absolute atomic E-state index is 0.0197. The van der Waals surface area contributed by atoms with Crippen molar-refractivity contribution in [1.82, 2.24) is 14.9 Å². The fraction of sp³-hybridized carbons (Fsp3) is 0.136. The van der Waals surface area contributed by atoms with Crippen LogP contribution in [-0.4, -0.2) is 27.8 Å². The van der Waals surface area contributed by atoms with Gasteiger partial charge in [0, 0.05) is 23.6 Å². The number of carbonyl (C=O) groups excluding carboxylic acids is 2. The molecule has 0 saturated carbocycles. The minimum atomic E-state index is -0.0973. The van der Waals surface area contributed by atoms with Crippen LogP contribution in [0.25, 0.3) is 11.0 Å². The number of fused-ring (bicyclic) bond motifs is 1. The largest absolute Gasteiger partial charge is 0.351 e. The first-order chi connectivity index (χ1) is 14.1. The van der Waals surface area contributed by atoms with Gasteiger partial charge in [-0.1, -0.05) is 29.8 Å². The van der Waals surface area contributed by atoms with E-state index < -0.39 is 0 Å². The number of benzene rings is 2. The number of rotatable bonds is 7. The van der Waals surface area contributed by atoms with Crippen molar-refractivity contribution in [2.45, 2.75) is 13.0 Å². The van der Waals surface area contributed by atoms with Gasteiger partial charge in [0.1, 0.15) is 5.82 Å². The summed E-state index contributed by atoms with van der Waals surface area (Å²) in [6.45, 7) is 0.617. The molecular weight excluding hydrogens is 406 g/mol. The summed E-state index contributed by atoms with van der Waals surface area (Å²) in [4.78, 5) is 30.3. The van der Waals surface area contributed by atoms with E-state index in [1.807, 2.05) is 40.3 Å². The van der Waals surface area contributed by atoms with Crippen molar-refractivity contribution in [2.75, 3.05) is 6.54 Å². The Hall–Kier alpha value is -2.96. The molecule has 0 radical (unpaired) electrons. The van der Waals surface area contributed by atoms with Crippen molar-refractivity contribution in [1.29, 1.82) is 0 Å². The third-order valence-electron chi connectivity index (χ3n) is 4.58. The van der Waals surface area contributed by atoms with Crippen molar-refractivity contribution in [3.05, 3.63) is 87.3 Å². The van der Waals surface area contributed by atoms with Crippen molar-refractivity contribution in [3.8, 4) is 0 Å². The summed E-state index contributed by atoms with van der Waals surface area (Å²) in [5, 5.41) is 5.38. The van der Waals surface area contributed by atoms with Crippen molar-refractivity contribution >= 4 is 45.7 Å². The SMILES string of the molecule is O=C(Cn1c(CCNC(=O)c2cccs2)nc2ccccc21)c1ccc(Cl)cc1. The first kappa shape index (κ1) is 19.4. The zero-order valence-electron chi connectivity index (χ0n) is 15.5. The number of para-hydroxylation sites is 2. The molecule has 0 aliphatic heterocycles. The molecule has 1 amide bonds. The van der Waals surface area contributed by atoms with Gasteiger partial charge < -0.3 is 9.88 Å². The van der Waals surface area contributed by atoms with E-state index in [0.717, 1.165) is 16.9 Å². The van der Waals surface area contributed by atoms with Gasteiger partial charge in [0.05, 0.1) is 22.5 Å². The number of nitrogens with one attached hydrogen (secondary N) is 1. The fourth-order valence-electron chi connectivity index (χ4n) is 3.15. The average molecular weight is 424 g/mol. The number of carbonyl (C=O) groups is 2. The molecule has 0 unspecified atom stereocenters. The van der Waals surface area contributed by atoms with Crippen LogP contribution < -0.4 is 5.32 Å². The van der Waals surface area contributed by atoms with E-state index in [0.29, 0.717) is 28.4 Å². The standard InChI is InChI=1S/C22H18ClN3O2S/c23-16-9-7-15(8-10-16)19(27)14-26-18-5-2-1-4-17(18)25-21(26)11-12-24-22(28)20-6-3-13-29-20/h1-10,13H,11-12,14H2,(H,24,28). The molecule has 0 saturated heterocycles. The molecule has 4 rings (SSSR count). The van der Waals surface area contributed by atoms with Crippen LogP contribution in [0.1, 0.15) is 25.9 Å². The summed E-state index contributed by atoms with van der Waals surface area (Å²) in [5.41, 5.74) is 2.33. The normalized spacial score (nSPS) is 10.9. The Kier molecular flexibility index (Phi) is 5.74. The topological polar surface area (TPSA) is 64.0 Å². The lowest BCUT2D eigenvalue weighted by Crippen LogP contribution is -2.26. The van der Waals surface area contributed by atoms with Gasteiger partial charge in [0.2, 0.25) is 0 Å². The lowest BCUT2D eigenvalue weighted by Gasteiger charge is -2.09. The number of hydrogen-bond donors (Lipinski definition) is 1. The highest BCUT2D eigenvalue weighted by Crippen LogP contribution is 2.18. The molecule has 146 valence electrons. The maximum Gasteiger partial charge on any atom is 0.261 e. The number of hydrogen-bond acceptors (Lipinski definition) is 4. The van der Waals surface area contributed by atoms with E-state index in [-0.39, 0.29) is 18.2 Å². The summed E-state index contributed by atoms with van der Waals surface area (Å²) in [7, 11) is 0. The number of aromatic nitrogens is 2. The van der Waals surface area contributed by atoms with Gasteiger partial charge in [0.25, 0.3) is 5.91 Å². The van der Waals surface area contributed by atoms with Gasteiger partial charge in [-0.15, -0.1) is 11.3 Å². The highest BCUT2D eigenvalue weighted by Gasteiger charge is 2.15. The highest BCUT2D eigenvalue weighted by molar-refractivity contribution is 7.12. The lowest BCUT2D eigenvalue weighted by molar-refractivity contribution is 0.0951. The van der Waals surface area contributed by atoms with E-state index in [2.05, 4.69) is 10.3 Å². The minimum Gasteiger partial charge on any atom is -0.351 e. The summed E-state index contributed by atoms with van der Waals surface area (Å²) in [5.74, 6) is 0.647. The molecule has 0 bridgehead atoms. The molecule has 2 aromatic heterocycles. The van der Waals surface area contributed by atoms with Crippen LogP contribution in [0.5, 0.6) is 0 Å². The number of thiophene rings is 1. The van der Waals surface area contributed by atoms with E-state index in [1.54, 1.807) is 30.3 Å². The van der Waals surface area contributed by atoms with Gasteiger partial charge in [-0.05, 0) is 47.8 Å². The zero-order chi connectivity index (χ0) is 20.2. The summed E-state index contributed by atoms with van der Waals surface area (Å²) in [6, 6.07) is 18.2. The van der Waals surface area contributed by atoms with Crippen LogP contribution in [0.15, 0.2) is 66.0 Å². The quantitative estimate of drug-likeness (QED) is 0.441. The van der Waals surface area contributed by atoms with Crippen molar-refractivity contribution < 1.29 is 9.59 Å². The summed E-state index contributed by atoms with van der Waals surface area (Å²) in [6.07, 6.45) is 0.527. The molecule has 0 fully saturated rings. The van der Waals surface area contributed by atoms with Crippen LogP contribution in [0.3, 0.4) is 0 Å². The van der Waals surface area contributed by atoms with Gasteiger partial charge in [-0.3, -0.25) is 9.59 Å². The molecular formula is C22H18ClN3O2S.